The van der Waals surface area contributed by atoms with Crippen molar-refractivity contribution < 1.29 is 5.84 Å². The van der Waals surface area contributed by atoms with Gasteiger partial charge in [0.2, 0.25) is 0 Å². The zero-order valence-corrected chi connectivity index (χ0v) is 19.5. The number of nitriles is 1. The summed E-state index contributed by atoms with van der Waals surface area (Å²) < 4.78 is 9.31. The Balaban J connectivity index is 0.000000940. The Morgan fingerprint density at radius 2 is 2.06 bits per heavy atom. The fourth-order valence-electron chi connectivity index (χ4n) is 4.93. The predicted octanol–water partition coefficient (Wildman–Crippen LogP) is 5.73. The number of oxazole rings is 1. The molecular formula is C25H30N8O. The van der Waals surface area contributed by atoms with Crippen molar-refractivity contribution >= 4 is 22.1 Å². The number of nitrogens with zero attached hydrogens (tertiary/aromatic N) is 7. The van der Waals surface area contributed by atoms with Gasteiger partial charge in [0, 0.05) is 31.7 Å². The molecule has 1 aliphatic carbocycles. The van der Waals surface area contributed by atoms with Gasteiger partial charge >= 0.3 is 0 Å². The average molecular weight is 459 g/mol. The molecule has 176 valence electrons. The summed E-state index contributed by atoms with van der Waals surface area (Å²) >= 11 is 0. The van der Waals surface area contributed by atoms with Crippen molar-refractivity contribution in [1.29, 1.82) is 5.26 Å². The highest BCUT2D eigenvalue weighted by atomic mass is 16.3. The molecule has 1 aliphatic rings. The summed E-state index contributed by atoms with van der Waals surface area (Å²) in [4.78, 5) is 17.0. The van der Waals surface area contributed by atoms with E-state index >= 15 is 0 Å². The minimum absolute atomic E-state index is 0. The van der Waals surface area contributed by atoms with Crippen LogP contribution in [0.4, 0.5) is 0 Å². The standard InChI is InChI=1S/C23H22N8O.C2H6.H2/c24-7-5-15-1-3-18(4-2-15)31-21-19-6-8-25-22(19)26-10-20(21)29-23(31)16-9-28-30(11-16)12-17-13-32-14-27-17;1-2;/h6,8-11,13-15,18H,1-5,12H2,(H,25,26);1-2H3;1H. The molecular weight excluding hydrogens is 428 g/mol. The van der Waals surface area contributed by atoms with Crippen LogP contribution in [0.5, 0.6) is 0 Å². The van der Waals surface area contributed by atoms with Gasteiger partial charge in [-0.1, -0.05) is 13.8 Å². The molecule has 5 heterocycles. The zero-order chi connectivity index (χ0) is 23.5. The summed E-state index contributed by atoms with van der Waals surface area (Å²) in [7, 11) is 0. The summed E-state index contributed by atoms with van der Waals surface area (Å²) in [5.74, 6) is 1.40. The molecule has 0 radical (unpaired) electrons. The van der Waals surface area contributed by atoms with Crippen molar-refractivity contribution in [2.75, 3.05) is 0 Å². The summed E-state index contributed by atoms with van der Waals surface area (Å²) in [5, 5.41) is 14.7. The maximum atomic E-state index is 9.10. The predicted molar refractivity (Wildman–Crippen MR) is 131 cm³/mol. The third-order valence-electron chi connectivity index (χ3n) is 6.49. The molecule has 0 unspecified atom stereocenters. The van der Waals surface area contributed by atoms with Crippen LogP contribution in [0.2, 0.25) is 0 Å². The summed E-state index contributed by atoms with van der Waals surface area (Å²) in [6.07, 6.45) is 15.5. The summed E-state index contributed by atoms with van der Waals surface area (Å²) in [6, 6.07) is 4.74. The molecule has 0 bridgehead atoms. The molecule has 1 saturated carbocycles. The molecule has 5 aromatic rings. The molecule has 9 heteroatoms. The maximum absolute atomic E-state index is 9.10. The van der Waals surface area contributed by atoms with Crippen LogP contribution in [0.3, 0.4) is 0 Å². The molecule has 0 aliphatic heterocycles. The van der Waals surface area contributed by atoms with E-state index in [0.717, 1.165) is 64.8 Å². The van der Waals surface area contributed by atoms with Crippen LogP contribution in [0.25, 0.3) is 33.5 Å². The molecule has 5 aromatic heterocycles. The number of rotatable bonds is 5. The molecule has 0 atom stereocenters. The molecule has 0 aromatic carbocycles. The number of fused-ring (bicyclic) bond motifs is 3. The molecule has 0 spiro atoms. The Kier molecular flexibility index (Phi) is 6.12. The Morgan fingerprint density at radius 3 is 2.82 bits per heavy atom. The quantitative estimate of drug-likeness (QED) is 0.360. The van der Waals surface area contributed by atoms with Crippen LogP contribution >= 0.6 is 0 Å². The van der Waals surface area contributed by atoms with Crippen molar-refractivity contribution in [1.82, 2.24) is 34.3 Å². The van der Waals surface area contributed by atoms with Gasteiger partial charge in [-0.25, -0.2) is 15.0 Å². The summed E-state index contributed by atoms with van der Waals surface area (Å²) in [6.45, 7) is 4.54. The monoisotopic (exact) mass is 458 g/mol. The fraction of sp³-hybridized carbons (Fsp3) is 0.400. The second-order valence-electron chi connectivity index (χ2n) is 8.48. The van der Waals surface area contributed by atoms with E-state index < -0.39 is 0 Å². The lowest BCUT2D eigenvalue weighted by Gasteiger charge is -2.29. The molecule has 6 rings (SSSR count). The van der Waals surface area contributed by atoms with Crippen LogP contribution in [0.1, 0.15) is 59.1 Å². The molecule has 34 heavy (non-hydrogen) atoms. The lowest BCUT2D eigenvalue weighted by Crippen LogP contribution is -2.18. The molecule has 9 nitrogen and oxygen atoms in total. The molecule has 0 amide bonds. The van der Waals surface area contributed by atoms with Crippen molar-refractivity contribution in [3.8, 4) is 17.5 Å². The highest BCUT2D eigenvalue weighted by Gasteiger charge is 2.27. The SMILES string of the molecule is CC.N#CCC1CCC(n2c(-c3cnn(Cc4cocn4)c3)nc3cnc4[nH]ccc4c32)CC1.[HH]. The lowest BCUT2D eigenvalue weighted by molar-refractivity contribution is 0.283. The highest BCUT2D eigenvalue weighted by molar-refractivity contribution is 6.02. The van der Waals surface area contributed by atoms with E-state index in [1.165, 1.54) is 6.39 Å². The highest BCUT2D eigenvalue weighted by Crippen LogP contribution is 2.40. The number of nitrogens with one attached hydrogen (secondary N) is 1. The number of imidazole rings is 1. The number of aromatic nitrogens is 7. The molecule has 0 saturated heterocycles. The minimum Gasteiger partial charge on any atom is -0.451 e. The van der Waals surface area contributed by atoms with Crippen LogP contribution < -0.4 is 0 Å². The normalized spacial score (nSPS) is 18.0. The van der Waals surface area contributed by atoms with Crippen LogP contribution in [0.15, 0.2) is 47.9 Å². The van der Waals surface area contributed by atoms with Gasteiger partial charge in [-0.2, -0.15) is 10.4 Å². The van der Waals surface area contributed by atoms with Crippen molar-refractivity contribution in [3.05, 3.63) is 49.2 Å². The van der Waals surface area contributed by atoms with E-state index in [-0.39, 0.29) is 1.43 Å². The third-order valence-corrected chi connectivity index (χ3v) is 6.49. The lowest BCUT2D eigenvalue weighted by atomic mass is 9.84. The first-order chi connectivity index (χ1) is 16.8. The van der Waals surface area contributed by atoms with E-state index in [4.69, 9.17) is 14.7 Å². The number of hydrogen-bond acceptors (Lipinski definition) is 6. The van der Waals surface area contributed by atoms with Gasteiger partial charge < -0.3 is 14.0 Å². The van der Waals surface area contributed by atoms with Crippen LogP contribution in [-0.2, 0) is 6.54 Å². The van der Waals surface area contributed by atoms with E-state index in [9.17, 15) is 0 Å². The smallest absolute Gasteiger partial charge is 0.180 e. The Labute approximate surface area is 198 Å². The van der Waals surface area contributed by atoms with Crippen LogP contribution in [-0.4, -0.2) is 34.3 Å². The zero-order valence-electron chi connectivity index (χ0n) is 19.5. The van der Waals surface area contributed by atoms with Gasteiger partial charge in [-0.3, -0.25) is 4.68 Å². The van der Waals surface area contributed by atoms with Gasteiger partial charge in [0.15, 0.2) is 6.39 Å². The first kappa shape index (κ1) is 21.9. The van der Waals surface area contributed by atoms with E-state index in [2.05, 4.69) is 36.8 Å². The number of pyridine rings is 1. The number of hydrogen-bond donors (Lipinski definition) is 1. The van der Waals surface area contributed by atoms with Crippen LogP contribution in [0, 0.1) is 17.2 Å². The van der Waals surface area contributed by atoms with Crippen molar-refractivity contribution in [3.63, 3.8) is 0 Å². The maximum Gasteiger partial charge on any atom is 0.180 e. The fourth-order valence-corrected chi connectivity index (χ4v) is 4.93. The van der Waals surface area contributed by atoms with Crippen molar-refractivity contribution in [2.24, 2.45) is 5.92 Å². The van der Waals surface area contributed by atoms with Gasteiger partial charge in [0.25, 0.3) is 0 Å². The van der Waals surface area contributed by atoms with Gasteiger partial charge in [-0.15, -0.1) is 0 Å². The Bertz CT molecular complexity index is 1420. The van der Waals surface area contributed by atoms with E-state index in [0.29, 0.717) is 24.9 Å². The average Bonchev–Trinajstić information content (AvgIpc) is 3.66. The second-order valence-corrected chi connectivity index (χ2v) is 8.48. The van der Waals surface area contributed by atoms with Gasteiger partial charge in [0.05, 0.1) is 36.1 Å². The minimum atomic E-state index is 0. The number of aromatic amines is 1. The summed E-state index contributed by atoms with van der Waals surface area (Å²) in [5.41, 5.74) is 4.65. The molecule has 1 fully saturated rings. The van der Waals surface area contributed by atoms with Gasteiger partial charge in [-0.05, 0) is 37.7 Å². The first-order valence-electron chi connectivity index (χ1n) is 11.9. The Hall–Kier alpha value is -3.93. The van der Waals surface area contributed by atoms with E-state index in [1.807, 2.05) is 43.3 Å². The topological polar surface area (TPSA) is 114 Å². The second kappa shape index (κ2) is 9.51. The van der Waals surface area contributed by atoms with Gasteiger partial charge in [0.1, 0.15) is 28.9 Å². The van der Waals surface area contributed by atoms with E-state index in [1.54, 1.807) is 6.26 Å². The molecule has 1 N–H and O–H groups in total. The third kappa shape index (κ3) is 3.96. The van der Waals surface area contributed by atoms with Crippen molar-refractivity contribution in [2.45, 2.75) is 58.5 Å². The largest absolute Gasteiger partial charge is 0.451 e. The Morgan fingerprint density at radius 1 is 1.21 bits per heavy atom. The first-order valence-corrected chi connectivity index (χ1v) is 11.9. The number of H-pyrrole nitrogens is 1.